The molecule has 0 saturated carbocycles. The number of sulfone groups is 1. The minimum atomic E-state index is -3.91. The Morgan fingerprint density at radius 1 is 1.14 bits per heavy atom. The van der Waals surface area contributed by atoms with Crippen molar-refractivity contribution in [1.29, 1.82) is 0 Å². The van der Waals surface area contributed by atoms with Crippen molar-refractivity contribution in [2.45, 2.75) is 23.3 Å². The van der Waals surface area contributed by atoms with Crippen LogP contribution in [0.3, 0.4) is 0 Å². The van der Waals surface area contributed by atoms with E-state index in [1.165, 1.54) is 30.3 Å². The number of hydrogen-bond donors (Lipinski definition) is 3. The highest BCUT2D eigenvalue weighted by Gasteiger charge is 2.24. The lowest BCUT2D eigenvalue weighted by Gasteiger charge is -2.12. The van der Waals surface area contributed by atoms with Gasteiger partial charge < -0.3 is 16.4 Å². The number of nitrogens with zero attached hydrogens (tertiary/aromatic N) is 1. The highest BCUT2D eigenvalue weighted by atomic mass is 35.5. The van der Waals surface area contributed by atoms with Crippen molar-refractivity contribution in [3.8, 4) is 0 Å². The lowest BCUT2D eigenvalue weighted by molar-refractivity contribution is 0.251. The predicted octanol–water partition coefficient (Wildman–Crippen LogP) is 3.78. The van der Waals surface area contributed by atoms with Crippen molar-refractivity contribution < 1.29 is 13.2 Å². The summed E-state index contributed by atoms with van der Waals surface area (Å²) in [5.74, 6) is 0. The van der Waals surface area contributed by atoms with E-state index in [0.717, 1.165) is 5.56 Å². The van der Waals surface area contributed by atoms with Gasteiger partial charge in [0.05, 0.1) is 15.6 Å². The number of aromatic nitrogens is 1. The van der Waals surface area contributed by atoms with Gasteiger partial charge in [-0.2, -0.15) is 0 Å². The Bertz CT molecular complexity index is 1130. The first kappa shape index (κ1) is 20.6. The number of halogens is 1. The fraction of sp³-hybridized carbons (Fsp3) is 0.100. The fourth-order valence-electron chi connectivity index (χ4n) is 2.64. The van der Waals surface area contributed by atoms with Crippen LogP contribution in [0.1, 0.15) is 11.1 Å². The van der Waals surface area contributed by atoms with E-state index in [2.05, 4.69) is 15.6 Å². The number of nitrogens with two attached hydrogens (primary N) is 1. The summed E-state index contributed by atoms with van der Waals surface area (Å²) >= 11 is 6.19. The van der Waals surface area contributed by atoms with Crippen LogP contribution in [0, 0.1) is 6.92 Å². The number of nitrogens with one attached hydrogen (secondary N) is 2. The van der Waals surface area contributed by atoms with Crippen LogP contribution in [-0.4, -0.2) is 19.4 Å². The summed E-state index contributed by atoms with van der Waals surface area (Å²) in [6, 6.07) is 12.2. The molecular formula is C20H19ClN4O3S. The van der Waals surface area contributed by atoms with Crippen LogP contribution < -0.4 is 16.4 Å². The monoisotopic (exact) mass is 430 g/mol. The summed E-state index contributed by atoms with van der Waals surface area (Å²) < 4.78 is 25.9. The fourth-order valence-corrected chi connectivity index (χ4v) is 4.62. The van der Waals surface area contributed by atoms with E-state index in [4.69, 9.17) is 17.3 Å². The number of amides is 2. The molecule has 7 nitrogen and oxygen atoms in total. The van der Waals surface area contributed by atoms with Gasteiger partial charge in [-0.1, -0.05) is 23.7 Å². The quantitative estimate of drug-likeness (QED) is 0.533. The number of aryl methyl sites for hydroxylation is 1. The maximum absolute atomic E-state index is 13.0. The number of anilines is 2. The van der Waals surface area contributed by atoms with E-state index < -0.39 is 15.9 Å². The van der Waals surface area contributed by atoms with Gasteiger partial charge in [0, 0.05) is 24.6 Å². The predicted molar refractivity (Wildman–Crippen MR) is 113 cm³/mol. The molecular weight excluding hydrogens is 412 g/mol. The molecule has 3 aromatic rings. The summed E-state index contributed by atoms with van der Waals surface area (Å²) in [6.07, 6.45) is 3.30. The van der Waals surface area contributed by atoms with Crippen molar-refractivity contribution in [1.82, 2.24) is 10.3 Å². The number of pyridine rings is 1. The molecule has 150 valence electrons. The second-order valence-corrected chi connectivity index (χ2v) is 8.58. The molecule has 1 heterocycles. The van der Waals surface area contributed by atoms with Gasteiger partial charge in [0.1, 0.15) is 4.90 Å². The van der Waals surface area contributed by atoms with E-state index in [9.17, 15) is 13.2 Å². The molecule has 0 saturated heterocycles. The maximum atomic E-state index is 13.0. The van der Waals surface area contributed by atoms with Gasteiger partial charge in [0.25, 0.3) is 0 Å². The Kier molecular flexibility index (Phi) is 6.05. The number of carbonyl (C=O) groups excluding carboxylic acids is 1. The number of hydrogen-bond acceptors (Lipinski definition) is 5. The van der Waals surface area contributed by atoms with E-state index >= 15 is 0 Å². The first-order valence-corrected chi connectivity index (χ1v) is 10.5. The van der Waals surface area contributed by atoms with Crippen LogP contribution in [0.25, 0.3) is 0 Å². The number of urea groups is 1. The molecule has 0 fully saturated rings. The molecule has 1 aromatic heterocycles. The highest BCUT2D eigenvalue weighted by molar-refractivity contribution is 7.91. The van der Waals surface area contributed by atoms with Gasteiger partial charge in [0.2, 0.25) is 9.84 Å². The van der Waals surface area contributed by atoms with Crippen LogP contribution in [0.4, 0.5) is 16.2 Å². The first-order chi connectivity index (χ1) is 13.8. The van der Waals surface area contributed by atoms with Crippen molar-refractivity contribution in [2.24, 2.45) is 0 Å². The third-order valence-electron chi connectivity index (χ3n) is 4.19. The number of nitrogen functional groups attached to an aromatic ring is 1. The van der Waals surface area contributed by atoms with Crippen molar-refractivity contribution >= 4 is 38.8 Å². The average molecular weight is 431 g/mol. The third-order valence-corrected chi connectivity index (χ3v) is 6.66. The molecule has 2 aromatic carbocycles. The average Bonchev–Trinajstić information content (AvgIpc) is 2.70. The Morgan fingerprint density at radius 3 is 2.52 bits per heavy atom. The normalized spacial score (nSPS) is 11.1. The van der Waals surface area contributed by atoms with Crippen LogP contribution >= 0.6 is 11.6 Å². The lowest BCUT2D eigenvalue weighted by atomic mass is 10.2. The van der Waals surface area contributed by atoms with Crippen LogP contribution in [-0.2, 0) is 16.4 Å². The molecule has 3 rings (SSSR count). The van der Waals surface area contributed by atoms with Crippen molar-refractivity contribution in [3.63, 3.8) is 0 Å². The van der Waals surface area contributed by atoms with Crippen LogP contribution in [0.2, 0.25) is 5.02 Å². The second kappa shape index (κ2) is 8.50. The standard InChI is InChI=1S/C20H19ClN4O3S/c1-13-4-9-17(22)19(18(13)21)29(27,28)16-7-5-15(6-8-16)25-20(26)24-12-14-3-2-10-23-11-14/h2-11H,12,22H2,1H3,(H2,24,25,26). The van der Waals surface area contributed by atoms with Gasteiger partial charge in [-0.15, -0.1) is 0 Å². The molecule has 2 amide bonds. The molecule has 0 aliphatic heterocycles. The number of rotatable bonds is 5. The SMILES string of the molecule is Cc1ccc(N)c(S(=O)(=O)c2ccc(NC(=O)NCc3cccnc3)cc2)c1Cl. The topological polar surface area (TPSA) is 114 Å². The minimum Gasteiger partial charge on any atom is -0.398 e. The molecule has 29 heavy (non-hydrogen) atoms. The van der Waals surface area contributed by atoms with E-state index in [1.807, 2.05) is 6.07 Å². The second-order valence-electron chi connectivity index (χ2n) is 6.31. The molecule has 0 unspecified atom stereocenters. The first-order valence-electron chi connectivity index (χ1n) is 8.62. The summed E-state index contributed by atoms with van der Waals surface area (Å²) in [6.45, 7) is 2.02. The van der Waals surface area contributed by atoms with Crippen LogP contribution in [0.15, 0.2) is 70.7 Å². The largest absolute Gasteiger partial charge is 0.398 e. The lowest BCUT2D eigenvalue weighted by Crippen LogP contribution is -2.28. The molecule has 0 aliphatic rings. The minimum absolute atomic E-state index is 0.0259. The third kappa shape index (κ3) is 4.67. The zero-order chi connectivity index (χ0) is 21.0. The van der Waals surface area contributed by atoms with Crippen LogP contribution in [0.5, 0.6) is 0 Å². The molecule has 4 N–H and O–H groups in total. The molecule has 0 radical (unpaired) electrons. The van der Waals surface area contributed by atoms with E-state index in [-0.39, 0.29) is 20.5 Å². The summed E-state index contributed by atoms with van der Waals surface area (Å²) in [4.78, 5) is 15.9. The molecule has 9 heteroatoms. The molecule has 0 spiro atoms. The van der Waals surface area contributed by atoms with E-state index in [0.29, 0.717) is 17.8 Å². The Hall–Kier alpha value is -3.10. The maximum Gasteiger partial charge on any atom is 0.319 e. The Labute approximate surface area is 173 Å². The van der Waals surface area contributed by atoms with Crippen molar-refractivity contribution in [3.05, 3.63) is 77.1 Å². The smallest absolute Gasteiger partial charge is 0.319 e. The number of carbonyl (C=O) groups is 1. The van der Waals surface area contributed by atoms with Gasteiger partial charge in [0.15, 0.2) is 0 Å². The Morgan fingerprint density at radius 2 is 1.86 bits per heavy atom. The zero-order valence-electron chi connectivity index (χ0n) is 15.5. The molecule has 0 aliphatic carbocycles. The summed E-state index contributed by atoms with van der Waals surface area (Å²) in [7, 11) is -3.91. The molecule has 0 atom stereocenters. The summed E-state index contributed by atoms with van der Waals surface area (Å²) in [5.41, 5.74) is 7.85. The van der Waals surface area contributed by atoms with E-state index in [1.54, 1.807) is 31.5 Å². The van der Waals surface area contributed by atoms with Gasteiger partial charge in [-0.25, -0.2) is 13.2 Å². The Balaban J connectivity index is 1.73. The molecule has 0 bridgehead atoms. The van der Waals surface area contributed by atoms with Gasteiger partial charge in [-0.05, 0) is 54.4 Å². The van der Waals surface area contributed by atoms with Gasteiger partial charge in [-0.3, -0.25) is 4.98 Å². The van der Waals surface area contributed by atoms with Crippen molar-refractivity contribution in [2.75, 3.05) is 11.1 Å². The number of benzene rings is 2. The summed E-state index contributed by atoms with van der Waals surface area (Å²) in [5, 5.41) is 5.44. The highest BCUT2D eigenvalue weighted by Crippen LogP contribution is 2.34. The van der Waals surface area contributed by atoms with Gasteiger partial charge >= 0.3 is 6.03 Å². The zero-order valence-corrected chi connectivity index (χ0v) is 17.1.